The first-order valence-corrected chi connectivity index (χ1v) is 6.99. The lowest BCUT2D eigenvalue weighted by Gasteiger charge is -2.09. The molecule has 2 rings (SSSR count). The maximum absolute atomic E-state index is 9.77. The van der Waals surface area contributed by atoms with Crippen molar-refractivity contribution in [3.63, 3.8) is 0 Å². The van der Waals surface area contributed by atoms with Crippen molar-refractivity contribution in [1.82, 2.24) is 0 Å². The fourth-order valence-corrected chi connectivity index (χ4v) is 2.20. The van der Waals surface area contributed by atoms with Crippen molar-refractivity contribution in [2.24, 2.45) is 10.7 Å². The molecule has 0 unspecified atom stereocenters. The zero-order valence-electron chi connectivity index (χ0n) is 13.1. The molecule has 0 saturated carbocycles. The molecule has 0 bridgehead atoms. The largest absolute Gasteiger partial charge is 0.507 e. The van der Waals surface area contributed by atoms with Crippen LogP contribution in [0.15, 0.2) is 41.4 Å². The Morgan fingerprint density at radius 2 is 1.91 bits per heavy atom. The Morgan fingerprint density at radius 1 is 1.23 bits per heavy atom. The maximum Gasteiger partial charge on any atom is 0.193 e. The average molecular weight is 299 g/mol. The SMILES string of the molecule is COc1cccc(NC(N)=NCc2cc(C)c(O)c(C)c2)c1. The molecule has 5 nitrogen and oxygen atoms in total. The highest BCUT2D eigenvalue weighted by atomic mass is 16.5. The van der Waals surface area contributed by atoms with Gasteiger partial charge in [0, 0.05) is 11.8 Å². The van der Waals surface area contributed by atoms with Crippen molar-refractivity contribution >= 4 is 11.6 Å². The highest BCUT2D eigenvalue weighted by Crippen LogP contribution is 2.23. The van der Waals surface area contributed by atoms with Crippen LogP contribution < -0.4 is 15.8 Å². The number of rotatable bonds is 4. The van der Waals surface area contributed by atoms with E-state index in [0.29, 0.717) is 18.3 Å². The minimum Gasteiger partial charge on any atom is -0.507 e. The fraction of sp³-hybridized carbons (Fsp3) is 0.235. The number of benzene rings is 2. The Bertz CT molecular complexity index is 673. The van der Waals surface area contributed by atoms with E-state index in [9.17, 15) is 5.11 Å². The Hall–Kier alpha value is -2.69. The van der Waals surface area contributed by atoms with Crippen molar-refractivity contribution in [2.45, 2.75) is 20.4 Å². The molecule has 0 atom stereocenters. The number of aromatic hydroxyl groups is 1. The molecule has 0 heterocycles. The van der Waals surface area contributed by atoms with Gasteiger partial charge in [0.1, 0.15) is 11.5 Å². The van der Waals surface area contributed by atoms with Gasteiger partial charge >= 0.3 is 0 Å². The zero-order valence-corrected chi connectivity index (χ0v) is 13.1. The average Bonchev–Trinajstić information content (AvgIpc) is 2.50. The molecule has 2 aromatic carbocycles. The molecule has 0 aliphatic heterocycles. The van der Waals surface area contributed by atoms with E-state index >= 15 is 0 Å². The Labute approximate surface area is 130 Å². The summed E-state index contributed by atoms with van der Waals surface area (Å²) in [5.41, 5.74) is 9.40. The van der Waals surface area contributed by atoms with Crippen molar-refractivity contribution in [1.29, 1.82) is 0 Å². The summed E-state index contributed by atoms with van der Waals surface area (Å²) in [6.07, 6.45) is 0. The molecule has 0 radical (unpaired) electrons. The maximum atomic E-state index is 9.77. The number of ether oxygens (including phenoxy) is 1. The molecule has 22 heavy (non-hydrogen) atoms. The van der Waals surface area contributed by atoms with Gasteiger partial charge in [-0.05, 0) is 42.7 Å². The molecule has 0 aromatic heterocycles. The molecule has 0 fully saturated rings. The summed E-state index contributed by atoms with van der Waals surface area (Å²) >= 11 is 0. The molecular weight excluding hydrogens is 278 g/mol. The molecule has 2 aromatic rings. The van der Waals surface area contributed by atoms with Gasteiger partial charge in [-0.1, -0.05) is 18.2 Å². The number of hydrogen-bond donors (Lipinski definition) is 3. The van der Waals surface area contributed by atoms with Gasteiger partial charge in [-0.25, -0.2) is 4.99 Å². The van der Waals surface area contributed by atoms with E-state index in [1.165, 1.54) is 0 Å². The van der Waals surface area contributed by atoms with Crippen LogP contribution in [0.4, 0.5) is 5.69 Å². The summed E-state index contributed by atoms with van der Waals surface area (Å²) in [4.78, 5) is 4.32. The number of aryl methyl sites for hydroxylation is 2. The van der Waals surface area contributed by atoms with Gasteiger partial charge in [0.05, 0.1) is 13.7 Å². The van der Waals surface area contributed by atoms with Crippen LogP contribution in [0.1, 0.15) is 16.7 Å². The molecular formula is C17H21N3O2. The molecule has 0 spiro atoms. The van der Waals surface area contributed by atoms with Gasteiger partial charge in [0.2, 0.25) is 0 Å². The smallest absolute Gasteiger partial charge is 0.193 e. The van der Waals surface area contributed by atoms with Crippen LogP contribution in [0, 0.1) is 13.8 Å². The van der Waals surface area contributed by atoms with E-state index in [1.54, 1.807) is 7.11 Å². The van der Waals surface area contributed by atoms with Crippen LogP contribution in [0.2, 0.25) is 0 Å². The van der Waals surface area contributed by atoms with Gasteiger partial charge < -0.3 is 20.9 Å². The Morgan fingerprint density at radius 3 is 2.55 bits per heavy atom. The molecule has 5 heteroatoms. The number of aliphatic imine (C=N–C) groups is 1. The molecule has 0 amide bonds. The van der Waals surface area contributed by atoms with E-state index in [2.05, 4.69) is 10.3 Å². The topological polar surface area (TPSA) is 79.9 Å². The van der Waals surface area contributed by atoms with Gasteiger partial charge in [0.15, 0.2) is 5.96 Å². The lowest BCUT2D eigenvalue weighted by Crippen LogP contribution is -2.22. The lowest BCUT2D eigenvalue weighted by molar-refractivity contribution is 0.415. The standard InChI is InChI=1S/C17H21N3O2/c1-11-7-13(8-12(2)16(11)21)10-19-17(18)20-14-5-4-6-15(9-14)22-3/h4-9,21H,10H2,1-3H3,(H3,18,19,20). The highest BCUT2D eigenvalue weighted by Gasteiger charge is 2.03. The summed E-state index contributed by atoms with van der Waals surface area (Å²) in [6, 6.07) is 11.3. The number of phenols is 1. The summed E-state index contributed by atoms with van der Waals surface area (Å²) in [5, 5.41) is 12.8. The second kappa shape index (κ2) is 6.85. The van der Waals surface area contributed by atoms with Crippen molar-refractivity contribution in [3.8, 4) is 11.5 Å². The van der Waals surface area contributed by atoms with Gasteiger partial charge in [-0.15, -0.1) is 0 Å². The predicted octanol–water partition coefficient (Wildman–Crippen LogP) is 2.94. The minimum atomic E-state index is 0.329. The number of methoxy groups -OCH3 is 1. The van der Waals surface area contributed by atoms with Crippen LogP contribution in [-0.2, 0) is 6.54 Å². The lowest BCUT2D eigenvalue weighted by atomic mass is 10.1. The van der Waals surface area contributed by atoms with Crippen molar-refractivity contribution in [3.05, 3.63) is 53.1 Å². The quantitative estimate of drug-likeness (QED) is 0.599. The number of anilines is 1. The van der Waals surface area contributed by atoms with Crippen LogP contribution >= 0.6 is 0 Å². The van der Waals surface area contributed by atoms with Crippen LogP contribution in [0.25, 0.3) is 0 Å². The van der Waals surface area contributed by atoms with E-state index in [1.807, 2.05) is 50.2 Å². The summed E-state index contributed by atoms with van der Waals surface area (Å²) < 4.78 is 5.16. The Balaban J connectivity index is 2.06. The molecule has 0 aliphatic carbocycles. The molecule has 116 valence electrons. The zero-order chi connectivity index (χ0) is 16.1. The summed E-state index contributed by atoms with van der Waals surface area (Å²) in [6.45, 7) is 4.19. The predicted molar refractivity (Wildman–Crippen MR) is 89.5 cm³/mol. The first-order chi connectivity index (χ1) is 10.5. The summed E-state index contributed by atoms with van der Waals surface area (Å²) in [7, 11) is 1.62. The monoisotopic (exact) mass is 299 g/mol. The number of guanidine groups is 1. The van der Waals surface area contributed by atoms with Crippen molar-refractivity contribution in [2.75, 3.05) is 12.4 Å². The number of nitrogens with zero attached hydrogens (tertiary/aromatic N) is 1. The van der Waals surface area contributed by atoms with Gasteiger partial charge in [-0.2, -0.15) is 0 Å². The highest BCUT2D eigenvalue weighted by molar-refractivity contribution is 5.92. The van der Waals surface area contributed by atoms with Gasteiger partial charge in [0.25, 0.3) is 0 Å². The first-order valence-electron chi connectivity index (χ1n) is 6.99. The number of nitrogens with one attached hydrogen (secondary N) is 1. The van der Waals surface area contributed by atoms with E-state index < -0.39 is 0 Å². The van der Waals surface area contributed by atoms with Crippen molar-refractivity contribution < 1.29 is 9.84 Å². The van der Waals surface area contributed by atoms with Crippen LogP contribution in [-0.4, -0.2) is 18.2 Å². The molecule has 0 aliphatic rings. The number of hydrogen-bond acceptors (Lipinski definition) is 3. The molecule has 0 saturated heterocycles. The third kappa shape index (κ3) is 3.91. The second-order valence-electron chi connectivity index (χ2n) is 5.14. The number of phenolic OH excluding ortho intramolecular Hbond substituents is 1. The second-order valence-corrected chi connectivity index (χ2v) is 5.14. The first kappa shape index (κ1) is 15.7. The van der Waals surface area contributed by atoms with E-state index in [4.69, 9.17) is 10.5 Å². The third-order valence-corrected chi connectivity index (χ3v) is 3.32. The normalized spacial score (nSPS) is 11.3. The number of nitrogens with two attached hydrogens (primary N) is 1. The van der Waals surface area contributed by atoms with E-state index in [-0.39, 0.29) is 0 Å². The molecule has 4 N–H and O–H groups in total. The summed E-state index contributed by atoms with van der Waals surface area (Å²) in [5.74, 6) is 1.41. The van der Waals surface area contributed by atoms with Gasteiger partial charge in [-0.3, -0.25) is 0 Å². The third-order valence-electron chi connectivity index (χ3n) is 3.32. The van der Waals surface area contributed by atoms with E-state index in [0.717, 1.165) is 28.1 Å². The van der Waals surface area contributed by atoms with Crippen LogP contribution in [0.3, 0.4) is 0 Å². The fourth-order valence-electron chi connectivity index (χ4n) is 2.20. The van der Waals surface area contributed by atoms with Crippen LogP contribution in [0.5, 0.6) is 11.5 Å². The minimum absolute atomic E-state index is 0.329. The Kier molecular flexibility index (Phi) is 4.88.